The molecule has 2 unspecified atom stereocenters. The molecule has 4 heteroatoms. The molecule has 0 aromatic heterocycles. The van der Waals surface area contributed by atoms with Crippen LogP contribution in [0.15, 0.2) is 18.2 Å². The highest BCUT2D eigenvalue weighted by Crippen LogP contribution is 2.15. The van der Waals surface area contributed by atoms with Crippen LogP contribution in [0, 0.1) is 12.7 Å². The van der Waals surface area contributed by atoms with E-state index in [-0.39, 0.29) is 18.0 Å². The van der Waals surface area contributed by atoms with E-state index in [0.717, 1.165) is 30.8 Å². The van der Waals surface area contributed by atoms with Crippen LogP contribution in [0.5, 0.6) is 0 Å². The smallest absolute Gasteiger partial charge is 0.123 e. The molecule has 0 bridgehead atoms. The van der Waals surface area contributed by atoms with Gasteiger partial charge in [-0.1, -0.05) is 6.07 Å². The SMILES string of the molecule is Cc1ccc(F)cc1CC(N)C1CN(C)CCO1. The number of morpholine rings is 1. The second-order valence-corrected chi connectivity index (χ2v) is 5.11. The van der Waals surface area contributed by atoms with E-state index in [0.29, 0.717) is 6.42 Å². The minimum Gasteiger partial charge on any atom is -0.374 e. The van der Waals surface area contributed by atoms with E-state index in [1.165, 1.54) is 6.07 Å². The Kier molecular flexibility index (Phi) is 4.32. The minimum atomic E-state index is -0.204. The molecule has 3 nitrogen and oxygen atoms in total. The van der Waals surface area contributed by atoms with Gasteiger partial charge in [0.15, 0.2) is 0 Å². The summed E-state index contributed by atoms with van der Waals surface area (Å²) < 4.78 is 18.9. The largest absolute Gasteiger partial charge is 0.374 e. The van der Waals surface area contributed by atoms with Gasteiger partial charge in [0.25, 0.3) is 0 Å². The molecule has 2 N–H and O–H groups in total. The first-order chi connectivity index (χ1) is 8.56. The Hall–Kier alpha value is -0.970. The zero-order valence-corrected chi connectivity index (χ0v) is 11.0. The average Bonchev–Trinajstić information content (AvgIpc) is 2.34. The van der Waals surface area contributed by atoms with Crippen LogP contribution < -0.4 is 5.73 Å². The molecule has 0 spiro atoms. The zero-order valence-electron chi connectivity index (χ0n) is 11.0. The second kappa shape index (κ2) is 5.78. The van der Waals surface area contributed by atoms with Gasteiger partial charge in [-0.25, -0.2) is 4.39 Å². The van der Waals surface area contributed by atoms with Crippen molar-refractivity contribution in [2.24, 2.45) is 5.73 Å². The summed E-state index contributed by atoms with van der Waals surface area (Å²) >= 11 is 0. The summed E-state index contributed by atoms with van der Waals surface area (Å²) in [6, 6.07) is 4.76. The van der Waals surface area contributed by atoms with Crippen molar-refractivity contribution in [2.75, 3.05) is 26.7 Å². The highest BCUT2D eigenvalue weighted by molar-refractivity contribution is 5.27. The van der Waals surface area contributed by atoms with E-state index in [1.54, 1.807) is 12.1 Å². The van der Waals surface area contributed by atoms with Gasteiger partial charge in [0, 0.05) is 19.1 Å². The number of likely N-dealkylation sites (N-methyl/N-ethyl adjacent to an activating group) is 1. The zero-order chi connectivity index (χ0) is 13.1. The summed E-state index contributed by atoms with van der Waals surface area (Å²) in [7, 11) is 2.07. The molecule has 0 amide bonds. The number of hydrogen-bond donors (Lipinski definition) is 1. The highest BCUT2D eigenvalue weighted by atomic mass is 19.1. The highest BCUT2D eigenvalue weighted by Gasteiger charge is 2.24. The number of nitrogens with zero attached hydrogens (tertiary/aromatic N) is 1. The number of benzene rings is 1. The lowest BCUT2D eigenvalue weighted by Crippen LogP contribution is -2.50. The van der Waals surface area contributed by atoms with Gasteiger partial charge < -0.3 is 15.4 Å². The number of hydrogen-bond acceptors (Lipinski definition) is 3. The topological polar surface area (TPSA) is 38.5 Å². The van der Waals surface area contributed by atoms with Crippen LogP contribution in [0.1, 0.15) is 11.1 Å². The van der Waals surface area contributed by atoms with Crippen molar-refractivity contribution in [1.29, 1.82) is 0 Å². The summed E-state index contributed by atoms with van der Waals surface area (Å²) in [6.45, 7) is 4.49. The van der Waals surface area contributed by atoms with Crippen LogP contribution in [-0.4, -0.2) is 43.8 Å². The summed E-state index contributed by atoms with van der Waals surface area (Å²) in [5.74, 6) is -0.204. The molecule has 0 radical (unpaired) electrons. The van der Waals surface area contributed by atoms with Crippen molar-refractivity contribution in [3.05, 3.63) is 35.1 Å². The molecule has 1 fully saturated rings. The van der Waals surface area contributed by atoms with E-state index in [2.05, 4.69) is 11.9 Å². The van der Waals surface area contributed by atoms with Crippen molar-refractivity contribution >= 4 is 0 Å². The van der Waals surface area contributed by atoms with Gasteiger partial charge in [0.1, 0.15) is 5.82 Å². The Balaban J connectivity index is 2.01. The molecule has 100 valence electrons. The molecule has 1 heterocycles. The van der Waals surface area contributed by atoms with Gasteiger partial charge in [0.2, 0.25) is 0 Å². The molecular weight excluding hydrogens is 231 g/mol. The first kappa shape index (κ1) is 13.5. The van der Waals surface area contributed by atoms with Crippen LogP contribution in [-0.2, 0) is 11.2 Å². The van der Waals surface area contributed by atoms with E-state index in [9.17, 15) is 4.39 Å². The maximum absolute atomic E-state index is 13.2. The molecule has 1 aromatic rings. The molecule has 2 rings (SSSR count). The van der Waals surface area contributed by atoms with E-state index < -0.39 is 0 Å². The third-order valence-corrected chi connectivity index (χ3v) is 3.54. The molecule has 0 saturated carbocycles. The van der Waals surface area contributed by atoms with Crippen LogP contribution in [0.25, 0.3) is 0 Å². The van der Waals surface area contributed by atoms with Gasteiger partial charge in [-0.2, -0.15) is 0 Å². The fraction of sp³-hybridized carbons (Fsp3) is 0.571. The van der Waals surface area contributed by atoms with Crippen molar-refractivity contribution in [3.8, 4) is 0 Å². The lowest BCUT2D eigenvalue weighted by Gasteiger charge is -2.33. The van der Waals surface area contributed by atoms with E-state index in [1.807, 2.05) is 6.92 Å². The number of rotatable bonds is 3. The Morgan fingerprint density at radius 2 is 2.33 bits per heavy atom. The predicted octanol–water partition coefficient (Wildman–Crippen LogP) is 1.33. The number of halogens is 1. The van der Waals surface area contributed by atoms with Gasteiger partial charge >= 0.3 is 0 Å². The predicted molar refractivity (Wildman–Crippen MR) is 70.1 cm³/mol. The maximum Gasteiger partial charge on any atom is 0.123 e. The fourth-order valence-corrected chi connectivity index (χ4v) is 2.32. The average molecular weight is 252 g/mol. The Morgan fingerprint density at radius 1 is 1.56 bits per heavy atom. The standard InChI is InChI=1S/C14H21FN2O/c1-10-3-4-12(15)7-11(10)8-13(16)14-9-17(2)5-6-18-14/h3-4,7,13-14H,5-6,8-9,16H2,1-2H3. The normalized spacial score (nSPS) is 23.0. The maximum atomic E-state index is 13.2. The number of nitrogens with two attached hydrogens (primary N) is 1. The first-order valence-electron chi connectivity index (χ1n) is 6.37. The second-order valence-electron chi connectivity index (χ2n) is 5.11. The summed E-state index contributed by atoms with van der Waals surface area (Å²) in [5.41, 5.74) is 8.24. The quantitative estimate of drug-likeness (QED) is 0.882. The Bertz CT molecular complexity index is 411. The van der Waals surface area contributed by atoms with Gasteiger partial charge in [-0.05, 0) is 43.7 Å². The fourth-order valence-electron chi connectivity index (χ4n) is 2.32. The molecule has 2 atom stereocenters. The van der Waals surface area contributed by atoms with Crippen LogP contribution in [0.3, 0.4) is 0 Å². The van der Waals surface area contributed by atoms with E-state index in [4.69, 9.17) is 10.5 Å². The Morgan fingerprint density at radius 3 is 3.06 bits per heavy atom. The Labute approximate surface area is 108 Å². The van der Waals surface area contributed by atoms with Crippen LogP contribution >= 0.6 is 0 Å². The third kappa shape index (κ3) is 3.28. The lowest BCUT2D eigenvalue weighted by molar-refractivity contribution is -0.0319. The molecular formula is C14H21FN2O. The van der Waals surface area contributed by atoms with E-state index >= 15 is 0 Å². The molecule has 1 aliphatic heterocycles. The monoisotopic (exact) mass is 252 g/mol. The van der Waals surface area contributed by atoms with Gasteiger partial charge in [-0.15, -0.1) is 0 Å². The van der Waals surface area contributed by atoms with Crippen LogP contribution in [0.2, 0.25) is 0 Å². The molecule has 1 aliphatic rings. The molecule has 0 aliphatic carbocycles. The molecule has 1 aromatic carbocycles. The minimum absolute atomic E-state index is 0.0337. The molecule has 1 saturated heterocycles. The van der Waals surface area contributed by atoms with Gasteiger partial charge in [0.05, 0.1) is 12.7 Å². The van der Waals surface area contributed by atoms with Crippen LogP contribution in [0.4, 0.5) is 4.39 Å². The van der Waals surface area contributed by atoms with Crippen molar-refractivity contribution in [3.63, 3.8) is 0 Å². The summed E-state index contributed by atoms with van der Waals surface area (Å²) in [6.07, 6.45) is 0.689. The number of aryl methyl sites for hydroxylation is 1. The van der Waals surface area contributed by atoms with Crippen molar-refractivity contribution in [1.82, 2.24) is 4.90 Å². The number of ether oxygens (including phenoxy) is 1. The third-order valence-electron chi connectivity index (χ3n) is 3.54. The first-order valence-corrected chi connectivity index (χ1v) is 6.37. The van der Waals surface area contributed by atoms with Crippen molar-refractivity contribution in [2.45, 2.75) is 25.5 Å². The molecule has 18 heavy (non-hydrogen) atoms. The summed E-state index contributed by atoms with van der Waals surface area (Å²) in [4.78, 5) is 2.21. The lowest BCUT2D eigenvalue weighted by atomic mass is 9.97. The van der Waals surface area contributed by atoms with Gasteiger partial charge in [-0.3, -0.25) is 0 Å². The summed E-state index contributed by atoms with van der Waals surface area (Å²) in [5, 5.41) is 0. The van der Waals surface area contributed by atoms with Crippen molar-refractivity contribution < 1.29 is 9.13 Å².